The SMILES string of the molecule is CCc1cn(C(C)(C)C(=O)OC)c2nc(Cl)ncc12. The Morgan fingerprint density at radius 1 is 1.53 bits per heavy atom. The molecule has 0 fully saturated rings. The molecule has 0 bridgehead atoms. The minimum absolute atomic E-state index is 0.162. The van der Waals surface area contributed by atoms with Crippen molar-refractivity contribution in [3.05, 3.63) is 23.2 Å². The number of carbonyl (C=O) groups is 1. The molecule has 0 saturated heterocycles. The average molecular weight is 282 g/mol. The lowest BCUT2D eigenvalue weighted by Crippen LogP contribution is -2.36. The molecule has 0 aliphatic heterocycles. The fraction of sp³-hybridized carbons (Fsp3) is 0.462. The fourth-order valence-electron chi connectivity index (χ4n) is 2.10. The van der Waals surface area contributed by atoms with Crippen LogP contribution in [-0.2, 0) is 21.5 Å². The van der Waals surface area contributed by atoms with Crippen LogP contribution >= 0.6 is 11.6 Å². The van der Waals surface area contributed by atoms with Gasteiger partial charge in [-0.1, -0.05) is 6.92 Å². The van der Waals surface area contributed by atoms with Crippen molar-refractivity contribution in [2.75, 3.05) is 7.11 Å². The Balaban J connectivity index is 2.73. The van der Waals surface area contributed by atoms with E-state index in [4.69, 9.17) is 16.3 Å². The van der Waals surface area contributed by atoms with Gasteiger partial charge in [-0.05, 0) is 37.4 Å². The maximum atomic E-state index is 11.9. The second-order valence-electron chi connectivity index (χ2n) is 4.80. The minimum Gasteiger partial charge on any atom is -0.467 e. The van der Waals surface area contributed by atoms with E-state index >= 15 is 0 Å². The summed E-state index contributed by atoms with van der Waals surface area (Å²) < 4.78 is 6.65. The lowest BCUT2D eigenvalue weighted by molar-refractivity contribution is -0.149. The Labute approximate surface area is 116 Å². The van der Waals surface area contributed by atoms with Crippen molar-refractivity contribution in [2.24, 2.45) is 0 Å². The van der Waals surface area contributed by atoms with E-state index < -0.39 is 5.54 Å². The van der Waals surface area contributed by atoms with E-state index in [0.29, 0.717) is 5.65 Å². The number of esters is 1. The van der Waals surface area contributed by atoms with Crippen molar-refractivity contribution in [1.29, 1.82) is 0 Å². The molecule has 2 heterocycles. The summed E-state index contributed by atoms with van der Waals surface area (Å²) in [6.45, 7) is 5.61. The summed E-state index contributed by atoms with van der Waals surface area (Å²) in [7, 11) is 1.37. The highest BCUT2D eigenvalue weighted by molar-refractivity contribution is 6.28. The number of fused-ring (bicyclic) bond motifs is 1. The van der Waals surface area contributed by atoms with Crippen LogP contribution in [0, 0.1) is 0 Å². The van der Waals surface area contributed by atoms with Crippen LogP contribution in [0.2, 0.25) is 5.28 Å². The highest BCUT2D eigenvalue weighted by Gasteiger charge is 2.33. The summed E-state index contributed by atoms with van der Waals surface area (Å²) in [5, 5.41) is 1.07. The molecule has 6 heteroatoms. The number of hydrogen-bond donors (Lipinski definition) is 0. The quantitative estimate of drug-likeness (QED) is 0.641. The van der Waals surface area contributed by atoms with Gasteiger partial charge in [0, 0.05) is 17.8 Å². The molecule has 102 valence electrons. The predicted octanol–water partition coefficient (Wildman–Crippen LogP) is 2.56. The molecule has 5 nitrogen and oxygen atoms in total. The van der Waals surface area contributed by atoms with Crippen molar-refractivity contribution < 1.29 is 9.53 Å². The van der Waals surface area contributed by atoms with Gasteiger partial charge in [-0.15, -0.1) is 0 Å². The zero-order chi connectivity index (χ0) is 14.2. The molecular weight excluding hydrogens is 266 g/mol. The van der Waals surface area contributed by atoms with E-state index in [2.05, 4.69) is 9.97 Å². The molecule has 0 spiro atoms. The number of aryl methyl sites for hydroxylation is 1. The summed E-state index contributed by atoms with van der Waals surface area (Å²) in [6, 6.07) is 0. The molecular formula is C13H16ClN3O2. The maximum absolute atomic E-state index is 11.9. The van der Waals surface area contributed by atoms with Crippen molar-refractivity contribution in [2.45, 2.75) is 32.7 Å². The smallest absolute Gasteiger partial charge is 0.331 e. The van der Waals surface area contributed by atoms with Crippen molar-refractivity contribution >= 4 is 28.6 Å². The van der Waals surface area contributed by atoms with E-state index in [1.165, 1.54) is 7.11 Å². The van der Waals surface area contributed by atoms with E-state index in [1.807, 2.05) is 13.1 Å². The van der Waals surface area contributed by atoms with Crippen LogP contribution in [0.15, 0.2) is 12.4 Å². The largest absolute Gasteiger partial charge is 0.467 e. The van der Waals surface area contributed by atoms with Crippen LogP contribution in [0.4, 0.5) is 0 Å². The number of rotatable bonds is 3. The Morgan fingerprint density at radius 2 is 2.21 bits per heavy atom. The third-order valence-corrected chi connectivity index (χ3v) is 3.45. The number of hydrogen-bond acceptors (Lipinski definition) is 4. The van der Waals surface area contributed by atoms with Crippen molar-refractivity contribution in [3.63, 3.8) is 0 Å². The number of ether oxygens (including phenoxy) is 1. The van der Waals surface area contributed by atoms with Crippen LogP contribution in [-0.4, -0.2) is 27.6 Å². The molecule has 0 saturated carbocycles. The van der Waals surface area contributed by atoms with E-state index in [-0.39, 0.29) is 11.3 Å². The lowest BCUT2D eigenvalue weighted by Gasteiger charge is -2.24. The minimum atomic E-state index is -0.849. The molecule has 2 aromatic rings. The number of halogens is 1. The van der Waals surface area contributed by atoms with E-state index in [1.54, 1.807) is 24.6 Å². The number of nitrogens with zero attached hydrogens (tertiary/aromatic N) is 3. The summed E-state index contributed by atoms with van der Waals surface area (Å²) >= 11 is 5.85. The maximum Gasteiger partial charge on any atom is 0.331 e. The third kappa shape index (κ3) is 2.18. The summed E-state index contributed by atoms with van der Waals surface area (Å²) in [6.07, 6.45) is 4.42. The molecule has 0 aliphatic rings. The van der Waals surface area contributed by atoms with Crippen molar-refractivity contribution in [3.8, 4) is 0 Å². The first kappa shape index (κ1) is 13.8. The first-order chi connectivity index (χ1) is 8.91. The topological polar surface area (TPSA) is 57.0 Å². The van der Waals surface area contributed by atoms with Gasteiger partial charge < -0.3 is 9.30 Å². The molecule has 0 unspecified atom stereocenters. The Bertz CT molecular complexity index is 634. The molecule has 0 radical (unpaired) electrons. The monoisotopic (exact) mass is 281 g/mol. The predicted molar refractivity (Wildman–Crippen MR) is 73.3 cm³/mol. The Hall–Kier alpha value is -1.62. The van der Waals surface area contributed by atoms with Gasteiger partial charge in [0.15, 0.2) is 0 Å². The summed E-state index contributed by atoms with van der Waals surface area (Å²) in [4.78, 5) is 20.2. The number of carbonyl (C=O) groups excluding carboxylic acids is 1. The first-order valence-electron chi connectivity index (χ1n) is 6.03. The van der Waals surface area contributed by atoms with Crippen LogP contribution in [0.5, 0.6) is 0 Å². The highest BCUT2D eigenvalue weighted by Crippen LogP contribution is 2.28. The van der Waals surface area contributed by atoms with Crippen LogP contribution in [0.3, 0.4) is 0 Å². The van der Waals surface area contributed by atoms with Gasteiger partial charge in [-0.3, -0.25) is 0 Å². The van der Waals surface area contributed by atoms with Crippen LogP contribution < -0.4 is 0 Å². The second-order valence-corrected chi connectivity index (χ2v) is 5.14. The summed E-state index contributed by atoms with van der Waals surface area (Å²) in [5.41, 5.74) is 0.869. The summed E-state index contributed by atoms with van der Waals surface area (Å²) in [5.74, 6) is -0.332. The average Bonchev–Trinajstić information content (AvgIpc) is 2.75. The molecule has 0 N–H and O–H groups in total. The van der Waals surface area contributed by atoms with Gasteiger partial charge in [0.1, 0.15) is 11.2 Å². The van der Waals surface area contributed by atoms with Gasteiger partial charge in [0.25, 0.3) is 0 Å². The second kappa shape index (κ2) is 4.81. The van der Waals surface area contributed by atoms with Gasteiger partial charge in [-0.25, -0.2) is 9.78 Å². The molecule has 2 aromatic heterocycles. The lowest BCUT2D eigenvalue weighted by atomic mass is 10.1. The molecule has 0 aromatic carbocycles. The first-order valence-corrected chi connectivity index (χ1v) is 6.41. The zero-order valence-electron chi connectivity index (χ0n) is 11.4. The molecule has 0 amide bonds. The Kier molecular flexibility index (Phi) is 3.49. The molecule has 2 rings (SSSR count). The van der Waals surface area contributed by atoms with Crippen LogP contribution in [0.1, 0.15) is 26.3 Å². The third-order valence-electron chi connectivity index (χ3n) is 3.27. The zero-order valence-corrected chi connectivity index (χ0v) is 12.2. The van der Waals surface area contributed by atoms with Gasteiger partial charge in [0.05, 0.1) is 7.11 Å². The van der Waals surface area contributed by atoms with Crippen molar-refractivity contribution in [1.82, 2.24) is 14.5 Å². The van der Waals surface area contributed by atoms with Gasteiger partial charge >= 0.3 is 5.97 Å². The number of methoxy groups -OCH3 is 1. The van der Waals surface area contributed by atoms with E-state index in [9.17, 15) is 4.79 Å². The number of aromatic nitrogens is 3. The molecule has 0 atom stereocenters. The normalized spacial score (nSPS) is 11.8. The Morgan fingerprint density at radius 3 is 2.79 bits per heavy atom. The van der Waals surface area contributed by atoms with E-state index in [0.717, 1.165) is 17.4 Å². The fourth-order valence-corrected chi connectivity index (χ4v) is 2.23. The molecule has 0 aliphatic carbocycles. The van der Waals surface area contributed by atoms with Crippen LogP contribution in [0.25, 0.3) is 11.0 Å². The van der Waals surface area contributed by atoms with Gasteiger partial charge in [-0.2, -0.15) is 4.98 Å². The molecule has 19 heavy (non-hydrogen) atoms. The van der Waals surface area contributed by atoms with Gasteiger partial charge in [0.2, 0.25) is 5.28 Å². The highest BCUT2D eigenvalue weighted by atomic mass is 35.5. The standard InChI is InChI=1S/C13H16ClN3O2/c1-5-8-7-17(13(2,3)11(18)19-4)10-9(8)6-15-12(14)16-10/h6-7H,5H2,1-4H3.